The van der Waals surface area contributed by atoms with Crippen molar-refractivity contribution in [3.8, 4) is 11.1 Å². The van der Waals surface area contributed by atoms with Gasteiger partial charge in [0.1, 0.15) is 12.6 Å². The van der Waals surface area contributed by atoms with Gasteiger partial charge in [0.05, 0.1) is 11.3 Å². The van der Waals surface area contributed by atoms with E-state index in [0.29, 0.717) is 17.3 Å². The molecule has 0 aromatic heterocycles. The highest BCUT2D eigenvalue weighted by molar-refractivity contribution is 9.10. The largest absolute Gasteiger partial charge is 0.478 e. The standard InChI is InChI=1S/C27H25BrN2O5/c1-2-7-24(25(31)29-23-13-12-16(28)14-21(23)26(32)33)30-27(34)35-15-22-19-10-5-3-8-17(19)18-9-4-6-11-20(18)22/h3-6,8-14,22,24H,2,7,15H2,1H3,(H,29,31)(H,30,34)(H,32,33). The molecule has 1 atom stereocenters. The quantitative estimate of drug-likeness (QED) is 0.337. The van der Waals surface area contributed by atoms with Crippen LogP contribution in [-0.4, -0.2) is 35.7 Å². The molecule has 0 aliphatic heterocycles. The lowest BCUT2D eigenvalue weighted by Crippen LogP contribution is -2.44. The van der Waals surface area contributed by atoms with Gasteiger partial charge < -0.3 is 20.5 Å². The van der Waals surface area contributed by atoms with Gasteiger partial charge in [-0.05, 0) is 46.9 Å². The summed E-state index contributed by atoms with van der Waals surface area (Å²) in [6.07, 6.45) is 0.303. The summed E-state index contributed by atoms with van der Waals surface area (Å²) >= 11 is 3.23. The van der Waals surface area contributed by atoms with Crippen molar-refractivity contribution in [3.05, 3.63) is 87.9 Å². The molecular weight excluding hydrogens is 512 g/mol. The van der Waals surface area contributed by atoms with E-state index < -0.39 is 24.0 Å². The molecule has 7 nitrogen and oxygen atoms in total. The topological polar surface area (TPSA) is 105 Å². The molecule has 2 amide bonds. The molecule has 0 spiro atoms. The molecule has 0 radical (unpaired) electrons. The van der Waals surface area contributed by atoms with E-state index in [1.165, 1.54) is 12.1 Å². The number of carbonyl (C=O) groups is 3. The Balaban J connectivity index is 1.43. The lowest BCUT2D eigenvalue weighted by molar-refractivity contribution is -0.118. The van der Waals surface area contributed by atoms with Gasteiger partial charge in [0.15, 0.2) is 0 Å². The van der Waals surface area contributed by atoms with Crippen molar-refractivity contribution in [3.63, 3.8) is 0 Å². The summed E-state index contributed by atoms with van der Waals surface area (Å²) in [7, 11) is 0. The molecule has 180 valence electrons. The van der Waals surface area contributed by atoms with Crippen molar-refractivity contribution in [1.82, 2.24) is 5.32 Å². The summed E-state index contributed by atoms with van der Waals surface area (Å²) in [5.41, 5.74) is 4.56. The monoisotopic (exact) mass is 536 g/mol. The number of aromatic carboxylic acids is 1. The molecule has 1 unspecified atom stereocenters. The minimum absolute atomic E-state index is 0.0517. The fraction of sp³-hybridized carbons (Fsp3) is 0.222. The number of benzene rings is 3. The van der Waals surface area contributed by atoms with Crippen LogP contribution < -0.4 is 10.6 Å². The van der Waals surface area contributed by atoms with Crippen LogP contribution in [0.1, 0.15) is 47.2 Å². The summed E-state index contributed by atoms with van der Waals surface area (Å²) < 4.78 is 6.14. The second-order valence-corrected chi connectivity index (χ2v) is 9.21. The molecule has 0 saturated heterocycles. The van der Waals surface area contributed by atoms with Crippen LogP contribution in [0.4, 0.5) is 10.5 Å². The Kier molecular flexibility index (Phi) is 7.51. The van der Waals surface area contributed by atoms with Crippen LogP contribution in [0.3, 0.4) is 0 Å². The Morgan fingerprint density at radius 3 is 2.23 bits per heavy atom. The van der Waals surface area contributed by atoms with Crippen molar-refractivity contribution in [2.75, 3.05) is 11.9 Å². The second-order valence-electron chi connectivity index (χ2n) is 8.30. The molecule has 4 rings (SSSR count). The number of fused-ring (bicyclic) bond motifs is 3. The van der Waals surface area contributed by atoms with Crippen molar-refractivity contribution in [2.45, 2.75) is 31.7 Å². The third-order valence-corrected chi connectivity index (χ3v) is 6.49. The fourth-order valence-electron chi connectivity index (χ4n) is 4.36. The number of hydrogen-bond donors (Lipinski definition) is 3. The SMILES string of the molecule is CCCC(NC(=O)OCC1c2ccccc2-c2ccccc21)C(=O)Nc1ccc(Br)cc1C(=O)O. The highest BCUT2D eigenvalue weighted by Crippen LogP contribution is 2.44. The summed E-state index contributed by atoms with van der Waals surface area (Å²) in [5.74, 6) is -1.77. The molecule has 3 aromatic carbocycles. The zero-order valence-electron chi connectivity index (χ0n) is 19.1. The van der Waals surface area contributed by atoms with Crippen LogP contribution in [0.5, 0.6) is 0 Å². The molecule has 0 heterocycles. The van der Waals surface area contributed by atoms with E-state index in [9.17, 15) is 19.5 Å². The molecule has 8 heteroatoms. The van der Waals surface area contributed by atoms with Crippen molar-refractivity contribution in [1.29, 1.82) is 0 Å². The first-order valence-corrected chi connectivity index (χ1v) is 12.1. The molecule has 3 N–H and O–H groups in total. The Hall–Kier alpha value is -3.65. The smallest absolute Gasteiger partial charge is 0.407 e. The Morgan fingerprint density at radius 1 is 1.00 bits per heavy atom. The molecule has 1 aliphatic rings. The number of hydrogen-bond acceptors (Lipinski definition) is 4. The van der Waals surface area contributed by atoms with Crippen LogP contribution in [0.15, 0.2) is 71.2 Å². The Bertz CT molecular complexity index is 1230. The van der Waals surface area contributed by atoms with E-state index in [4.69, 9.17) is 4.74 Å². The van der Waals surface area contributed by atoms with Crippen molar-refractivity contribution >= 4 is 39.6 Å². The molecule has 3 aromatic rings. The number of carboxylic acids is 1. The van der Waals surface area contributed by atoms with Gasteiger partial charge in [0.25, 0.3) is 0 Å². The highest BCUT2D eigenvalue weighted by Gasteiger charge is 2.30. The van der Waals surface area contributed by atoms with Crippen LogP contribution in [0, 0.1) is 0 Å². The predicted octanol–water partition coefficient (Wildman–Crippen LogP) is 5.79. The van der Waals surface area contributed by atoms with E-state index in [1.807, 2.05) is 43.3 Å². The summed E-state index contributed by atoms with van der Waals surface area (Å²) in [4.78, 5) is 37.1. The maximum absolute atomic E-state index is 12.9. The van der Waals surface area contributed by atoms with Gasteiger partial charge in [-0.2, -0.15) is 0 Å². The lowest BCUT2D eigenvalue weighted by Gasteiger charge is -2.20. The first kappa shape index (κ1) is 24.5. The second kappa shape index (κ2) is 10.7. The van der Waals surface area contributed by atoms with Crippen LogP contribution in [0.25, 0.3) is 11.1 Å². The van der Waals surface area contributed by atoms with Crippen molar-refractivity contribution < 1.29 is 24.2 Å². The van der Waals surface area contributed by atoms with Crippen LogP contribution in [0.2, 0.25) is 0 Å². The third kappa shape index (κ3) is 5.38. The molecule has 35 heavy (non-hydrogen) atoms. The summed E-state index contributed by atoms with van der Waals surface area (Å²) in [6, 6.07) is 19.8. The molecule has 0 fully saturated rings. The minimum atomic E-state index is -1.17. The predicted molar refractivity (Wildman–Crippen MR) is 137 cm³/mol. The third-order valence-electron chi connectivity index (χ3n) is 6.00. The fourth-order valence-corrected chi connectivity index (χ4v) is 4.72. The number of anilines is 1. The van der Waals surface area contributed by atoms with Crippen molar-refractivity contribution in [2.24, 2.45) is 0 Å². The molecule has 0 bridgehead atoms. The first-order chi connectivity index (χ1) is 16.9. The molecule has 0 saturated carbocycles. The van der Waals surface area contributed by atoms with Gasteiger partial charge in [-0.15, -0.1) is 0 Å². The van der Waals surface area contributed by atoms with Crippen LogP contribution >= 0.6 is 15.9 Å². The number of nitrogens with one attached hydrogen (secondary N) is 2. The van der Waals surface area contributed by atoms with E-state index in [-0.39, 0.29) is 23.8 Å². The number of ether oxygens (including phenoxy) is 1. The lowest BCUT2D eigenvalue weighted by atomic mass is 9.98. The number of carboxylic acid groups (broad SMARTS) is 1. The van der Waals surface area contributed by atoms with Gasteiger partial charge in [-0.1, -0.05) is 77.8 Å². The zero-order chi connectivity index (χ0) is 24.9. The average Bonchev–Trinajstić information content (AvgIpc) is 3.17. The number of carbonyl (C=O) groups excluding carboxylic acids is 2. The van der Waals surface area contributed by atoms with E-state index >= 15 is 0 Å². The Morgan fingerprint density at radius 2 is 1.63 bits per heavy atom. The Labute approximate surface area is 211 Å². The minimum Gasteiger partial charge on any atom is -0.478 e. The molecular formula is C27H25BrN2O5. The number of halogens is 1. The van der Waals surface area contributed by atoms with E-state index in [0.717, 1.165) is 22.3 Å². The van der Waals surface area contributed by atoms with Crippen LogP contribution in [-0.2, 0) is 9.53 Å². The molecule has 1 aliphatic carbocycles. The first-order valence-electron chi connectivity index (χ1n) is 11.3. The number of alkyl carbamates (subject to hydrolysis) is 1. The summed E-state index contributed by atoms with van der Waals surface area (Å²) in [6.45, 7) is 2.03. The summed E-state index contributed by atoms with van der Waals surface area (Å²) in [5, 5.41) is 14.7. The van der Waals surface area contributed by atoms with E-state index in [1.54, 1.807) is 6.07 Å². The normalized spacial score (nSPS) is 12.9. The number of amides is 2. The van der Waals surface area contributed by atoms with Gasteiger partial charge in [0.2, 0.25) is 5.91 Å². The maximum Gasteiger partial charge on any atom is 0.407 e. The average molecular weight is 537 g/mol. The van der Waals surface area contributed by atoms with Gasteiger partial charge >= 0.3 is 12.1 Å². The van der Waals surface area contributed by atoms with Gasteiger partial charge in [-0.3, -0.25) is 4.79 Å². The van der Waals surface area contributed by atoms with Gasteiger partial charge in [-0.25, -0.2) is 9.59 Å². The number of rotatable bonds is 8. The van der Waals surface area contributed by atoms with Gasteiger partial charge in [0, 0.05) is 10.4 Å². The zero-order valence-corrected chi connectivity index (χ0v) is 20.7. The van der Waals surface area contributed by atoms with E-state index in [2.05, 4.69) is 38.7 Å². The highest BCUT2D eigenvalue weighted by atomic mass is 79.9. The maximum atomic E-state index is 12.9.